The van der Waals surface area contributed by atoms with Gasteiger partial charge in [0.05, 0.1) is 12.9 Å². The number of nitrogens with two attached hydrogens (primary N) is 2. The largest absolute Gasteiger partial charge is 0.497 e. The molecule has 5 heteroatoms. The van der Waals surface area contributed by atoms with Crippen molar-refractivity contribution in [3.8, 4) is 5.75 Å². The van der Waals surface area contributed by atoms with Crippen molar-refractivity contribution < 1.29 is 9.53 Å². The third-order valence-electron chi connectivity index (χ3n) is 2.49. The minimum Gasteiger partial charge on any atom is -0.497 e. The monoisotopic (exact) mass is 254 g/mol. The Balaban J connectivity index is 2.60. The van der Waals surface area contributed by atoms with Crippen molar-refractivity contribution in [2.75, 3.05) is 12.9 Å². The Hall–Kier alpha value is -1.20. The van der Waals surface area contributed by atoms with Gasteiger partial charge in [-0.1, -0.05) is 19.1 Å². The summed E-state index contributed by atoms with van der Waals surface area (Å²) in [6.07, 6.45) is 0. The fourth-order valence-electron chi connectivity index (χ4n) is 1.41. The third kappa shape index (κ3) is 4.28. The number of amides is 1. The molecule has 2 atom stereocenters. The summed E-state index contributed by atoms with van der Waals surface area (Å²) in [5.41, 5.74) is 12.2. The van der Waals surface area contributed by atoms with Crippen LogP contribution in [0, 0.1) is 0 Å². The summed E-state index contributed by atoms with van der Waals surface area (Å²) < 4.78 is 5.08. The highest BCUT2D eigenvalue weighted by Crippen LogP contribution is 2.25. The quantitative estimate of drug-likeness (QED) is 0.802. The Bertz CT molecular complexity index is 367. The van der Waals surface area contributed by atoms with Crippen molar-refractivity contribution in [3.05, 3.63) is 29.8 Å². The van der Waals surface area contributed by atoms with Gasteiger partial charge in [-0.25, -0.2) is 0 Å². The molecular weight excluding hydrogens is 236 g/mol. The number of carbonyl (C=O) groups excluding carboxylic acids is 1. The van der Waals surface area contributed by atoms with Gasteiger partial charge in [-0.3, -0.25) is 4.79 Å². The van der Waals surface area contributed by atoms with Crippen LogP contribution < -0.4 is 16.2 Å². The van der Waals surface area contributed by atoms with E-state index in [2.05, 4.69) is 0 Å². The SMILES string of the molecule is COc1ccc(C(N)C(C)SCC(N)=O)cc1. The predicted molar refractivity (Wildman–Crippen MR) is 71.0 cm³/mol. The molecule has 4 nitrogen and oxygen atoms in total. The van der Waals surface area contributed by atoms with Gasteiger partial charge in [0.15, 0.2) is 0 Å². The van der Waals surface area contributed by atoms with Crippen molar-refractivity contribution in [1.29, 1.82) is 0 Å². The van der Waals surface area contributed by atoms with Crippen LogP contribution in [0.15, 0.2) is 24.3 Å². The molecule has 0 saturated heterocycles. The molecule has 0 radical (unpaired) electrons. The minimum absolute atomic E-state index is 0.120. The van der Waals surface area contributed by atoms with Crippen molar-refractivity contribution in [3.63, 3.8) is 0 Å². The summed E-state index contributed by atoms with van der Waals surface area (Å²) in [7, 11) is 1.63. The second kappa shape index (κ2) is 6.51. The smallest absolute Gasteiger partial charge is 0.227 e. The Morgan fingerprint density at radius 2 is 2.00 bits per heavy atom. The van der Waals surface area contributed by atoms with Gasteiger partial charge in [0.25, 0.3) is 0 Å². The number of thioether (sulfide) groups is 1. The van der Waals surface area contributed by atoms with E-state index in [1.165, 1.54) is 11.8 Å². The summed E-state index contributed by atoms with van der Waals surface area (Å²) >= 11 is 1.47. The van der Waals surface area contributed by atoms with Crippen LogP contribution >= 0.6 is 11.8 Å². The first-order valence-electron chi connectivity index (χ1n) is 5.34. The number of hydrogen-bond donors (Lipinski definition) is 2. The maximum atomic E-state index is 10.7. The topological polar surface area (TPSA) is 78.3 Å². The van der Waals surface area contributed by atoms with E-state index >= 15 is 0 Å². The number of carbonyl (C=O) groups is 1. The molecule has 17 heavy (non-hydrogen) atoms. The summed E-state index contributed by atoms with van der Waals surface area (Å²) in [6, 6.07) is 7.50. The molecule has 1 aromatic rings. The molecule has 1 amide bonds. The van der Waals surface area contributed by atoms with Crippen LogP contribution in [0.25, 0.3) is 0 Å². The number of ether oxygens (including phenoxy) is 1. The van der Waals surface area contributed by atoms with E-state index in [1.54, 1.807) is 7.11 Å². The molecule has 0 aromatic heterocycles. The molecule has 1 rings (SSSR count). The molecule has 2 unspecified atom stereocenters. The summed E-state index contributed by atoms with van der Waals surface area (Å²) in [6.45, 7) is 1.99. The summed E-state index contributed by atoms with van der Waals surface area (Å²) in [5, 5.41) is 0.135. The molecule has 0 bridgehead atoms. The average molecular weight is 254 g/mol. The highest BCUT2D eigenvalue weighted by molar-refractivity contribution is 8.00. The molecule has 4 N–H and O–H groups in total. The van der Waals surface area contributed by atoms with Crippen LogP contribution in [-0.2, 0) is 4.79 Å². The fraction of sp³-hybridized carbons (Fsp3) is 0.417. The van der Waals surface area contributed by atoms with E-state index in [1.807, 2.05) is 31.2 Å². The van der Waals surface area contributed by atoms with Crippen LogP contribution in [-0.4, -0.2) is 24.0 Å². The molecule has 1 aromatic carbocycles. The molecule has 0 fully saturated rings. The number of benzene rings is 1. The van der Waals surface area contributed by atoms with Gasteiger partial charge < -0.3 is 16.2 Å². The van der Waals surface area contributed by atoms with E-state index in [-0.39, 0.29) is 17.2 Å². The zero-order valence-electron chi connectivity index (χ0n) is 10.1. The lowest BCUT2D eigenvalue weighted by Crippen LogP contribution is -2.24. The van der Waals surface area contributed by atoms with Crippen molar-refractivity contribution in [2.45, 2.75) is 18.2 Å². The normalized spacial score (nSPS) is 14.1. The van der Waals surface area contributed by atoms with Crippen molar-refractivity contribution >= 4 is 17.7 Å². The molecule has 0 heterocycles. The fourth-order valence-corrected chi connectivity index (χ4v) is 2.21. The van der Waals surface area contributed by atoms with Crippen LogP contribution in [0.2, 0.25) is 0 Å². The first-order chi connectivity index (χ1) is 8.04. The van der Waals surface area contributed by atoms with Gasteiger partial charge in [-0.05, 0) is 17.7 Å². The van der Waals surface area contributed by atoms with Gasteiger partial charge in [0, 0.05) is 11.3 Å². The van der Waals surface area contributed by atoms with Gasteiger partial charge >= 0.3 is 0 Å². The number of primary amides is 1. The van der Waals surface area contributed by atoms with E-state index < -0.39 is 0 Å². The minimum atomic E-state index is -0.316. The van der Waals surface area contributed by atoms with E-state index in [4.69, 9.17) is 16.2 Å². The van der Waals surface area contributed by atoms with Crippen molar-refractivity contribution in [1.82, 2.24) is 0 Å². The first kappa shape index (κ1) is 13.9. The van der Waals surface area contributed by atoms with Gasteiger partial charge in [0.2, 0.25) is 5.91 Å². The van der Waals surface area contributed by atoms with Crippen LogP contribution in [0.5, 0.6) is 5.75 Å². The van der Waals surface area contributed by atoms with Crippen LogP contribution in [0.4, 0.5) is 0 Å². The standard InChI is InChI=1S/C12H18N2O2S/c1-8(17-7-11(13)15)12(14)9-3-5-10(16-2)6-4-9/h3-6,8,12H,7,14H2,1-2H3,(H2,13,15). The van der Waals surface area contributed by atoms with Crippen LogP contribution in [0.3, 0.4) is 0 Å². The molecule has 0 aliphatic heterocycles. The second-order valence-corrected chi connectivity index (χ2v) is 5.15. The molecule has 0 aliphatic rings. The Morgan fingerprint density at radius 1 is 1.41 bits per heavy atom. The zero-order valence-corrected chi connectivity index (χ0v) is 10.9. The highest BCUT2D eigenvalue weighted by Gasteiger charge is 2.16. The lowest BCUT2D eigenvalue weighted by molar-refractivity contribution is -0.115. The van der Waals surface area contributed by atoms with E-state index in [0.29, 0.717) is 5.75 Å². The maximum Gasteiger partial charge on any atom is 0.227 e. The number of methoxy groups -OCH3 is 1. The predicted octanol–water partition coefficient (Wildman–Crippen LogP) is 1.30. The molecule has 0 saturated carbocycles. The summed E-state index contributed by atoms with van der Waals surface area (Å²) in [4.78, 5) is 10.7. The van der Waals surface area contributed by atoms with Gasteiger partial charge in [0.1, 0.15) is 5.75 Å². The summed E-state index contributed by atoms with van der Waals surface area (Å²) in [5.74, 6) is 0.785. The lowest BCUT2D eigenvalue weighted by atomic mass is 10.1. The van der Waals surface area contributed by atoms with Crippen LogP contribution in [0.1, 0.15) is 18.5 Å². The number of hydrogen-bond acceptors (Lipinski definition) is 4. The first-order valence-corrected chi connectivity index (χ1v) is 6.39. The molecule has 94 valence electrons. The number of rotatable bonds is 6. The van der Waals surface area contributed by atoms with Gasteiger partial charge in [-0.15, -0.1) is 11.8 Å². The highest BCUT2D eigenvalue weighted by atomic mass is 32.2. The second-order valence-electron chi connectivity index (χ2n) is 3.78. The van der Waals surface area contributed by atoms with E-state index in [0.717, 1.165) is 11.3 Å². The zero-order chi connectivity index (χ0) is 12.8. The average Bonchev–Trinajstić information content (AvgIpc) is 2.35. The maximum absolute atomic E-state index is 10.7. The molecule has 0 aliphatic carbocycles. The Labute approximate surface area is 106 Å². The van der Waals surface area contributed by atoms with Crippen molar-refractivity contribution in [2.24, 2.45) is 11.5 Å². The molecular formula is C12H18N2O2S. The Kier molecular flexibility index (Phi) is 5.31. The van der Waals surface area contributed by atoms with E-state index in [9.17, 15) is 4.79 Å². The third-order valence-corrected chi connectivity index (χ3v) is 3.77. The molecule has 0 spiro atoms. The Morgan fingerprint density at radius 3 is 2.47 bits per heavy atom. The van der Waals surface area contributed by atoms with Gasteiger partial charge in [-0.2, -0.15) is 0 Å². The lowest BCUT2D eigenvalue weighted by Gasteiger charge is -2.19.